The lowest BCUT2D eigenvalue weighted by atomic mass is 10.1. The van der Waals surface area contributed by atoms with Gasteiger partial charge in [0.05, 0.1) is 17.4 Å². The third-order valence-electron chi connectivity index (χ3n) is 2.84. The van der Waals surface area contributed by atoms with Crippen LogP contribution >= 0.6 is 0 Å². The summed E-state index contributed by atoms with van der Waals surface area (Å²) in [4.78, 5) is 17.8. The third kappa shape index (κ3) is 3.42. The van der Waals surface area contributed by atoms with E-state index in [1.807, 2.05) is 0 Å². The van der Waals surface area contributed by atoms with Gasteiger partial charge in [-0.05, 0) is 12.0 Å². The van der Waals surface area contributed by atoms with Gasteiger partial charge >= 0.3 is 0 Å². The maximum absolute atomic E-state index is 12.2. The highest BCUT2D eigenvalue weighted by molar-refractivity contribution is 5.99. The number of nitrogen functional groups attached to an aromatic ring is 1. The van der Waals surface area contributed by atoms with Crippen molar-refractivity contribution in [3.8, 4) is 0 Å². The fourth-order valence-corrected chi connectivity index (χ4v) is 1.58. The number of hydrazine groups is 1. The summed E-state index contributed by atoms with van der Waals surface area (Å²) >= 11 is 0. The van der Waals surface area contributed by atoms with Crippen molar-refractivity contribution in [2.24, 2.45) is 11.8 Å². The van der Waals surface area contributed by atoms with E-state index in [-0.39, 0.29) is 5.91 Å². The minimum atomic E-state index is -0.0411. The molecule has 17 heavy (non-hydrogen) atoms. The van der Waals surface area contributed by atoms with Gasteiger partial charge in [-0.2, -0.15) is 0 Å². The number of nitrogens with two attached hydrogens (primary N) is 1. The summed E-state index contributed by atoms with van der Waals surface area (Å²) < 4.78 is 0. The smallest absolute Gasteiger partial charge is 0.255 e. The van der Waals surface area contributed by atoms with Crippen LogP contribution in [0, 0.1) is 5.92 Å². The second-order valence-electron chi connectivity index (χ2n) is 4.26. The molecule has 1 aromatic heterocycles. The zero-order chi connectivity index (χ0) is 12.8. The fourth-order valence-electron chi connectivity index (χ4n) is 1.58. The zero-order valence-corrected chi connectivity index (χ0v) is 10.6. The summed E-state index contributed by atoms with van der Waals surface area (Å²) in [7, 11) is 1.80. The first-order chi connectivity index (χ1) is 8.10. The van der Waals surface area contributed by atoms with Crippen LogP contribution in [0.3, 0.4) is 0 Å². The van der Waals surface area contributed by atoms with Gasteiger partial charge in [-0.1, -0.05) is 20.3 Å². The summed E-state index contributed by atoms with van der Waals surface area (Å²) in [5.74, 6) is 5.80. The van der Waals surface area contributed by atoms with Gasteiger partial charge < -0.3 is 10.3 Å². The molecule has 0 aliphatic carbocycles. The van der Waals surface area contributed by atoms with E-state index in [1.165, 1.54) is 0 Å². The zero-order valence-electron chi connectivity index (χ0n) is 10.6. The van der Waals surface area contributed by atoms with Gasteiger partial charge in [0, 0.05) is 19.8 Å². The molecule has 1 aromatic rings. The molecule has 1 heterocycles. The van der Waals surface area contributed by atoms with E-state index < -0.39 is 0 Å². The molecule has 5 nitrogen and oxygen atoms in total. The topological polar surface area (TPSA) is 71.2 Å². The quantitative estimate of drug-likeness (QED) is 0.600. The molecular formula is C12H20N4O. The van der Waals surface area contributed by atoms with Gasteiger partial charge in [0.15, 0.2) is 0 Å². The molecule has 0 spiro atoms. The van der Waals surface area contributed by atoms with Gasteiger partial charge in [-0.25, -0.2) is 0 Å². The lowest BCUT2D eigenvalue weighted by Crippen LogP contribution is -2.31. The number of anilines is 1. The van der Waals surface area contributed by atoms with Crippen LogP contribution in [0.5, 0.6) is 0 Å². The Bertz CT molecular complexity index is 381. The standard InChI is InChI=1S/C12H20N4O/c1-4-9(2)8-16(3)12(17)10-5-6-14-7-11(10)15-13/h5-7,9,15H,4,8,13H2,1-3H3. The van der Waals surface area contributed by atoms with Crippen molar-refractivity contribution < 1.29 is 4.79 Å². The van der Waals surface area contributed by atoms with Gasteiger partial charge in [0.2, 0.25) is 0 Å². The van der Waals surface area contributed by atoms with Crippen molar-refractivity contribution in [2.75, 3.05) is 19.0 Å². The molecule has 0 fully saturated rings. The van der Waals surface area contributed by atoms with E-state index in [9.17, 15) is 4.79 Å². The lowest BCUT2D eigenvalue weighted by Gasteiger charge is -2.21. The van der Waals surface area contributed by atoms with Gasteiger partial charge in [-0.15, -0.1) is 0 Å². The SMILES string of the molecule is CCC(C)CN(C)C(=O)c1ccncc1NN. The van der Waals surface area contributed by atoms with E-state index in [0.29, 0.717) is 17.2 Å². The summed E-state index contributed by atoms with van der Waals surface area (Å²) in [5.41, 5.74) is 3.59. The summed E-state index contributed by atoms with van der Waals surface area (Å²) in [6, 6.07) is 1.67. The Hall–Kier alpha value is -1.62. The van der Waals surface area contributed by atoms with Crippen molar-refractivity contribution >= 4 is 11.6 Å². The second kappa shape index (κ2) is 6.20. The Kier molecular flexibility index (Phi) is 4.90. The van der Waals surface area contributed by atoms with Crippen LogP contribution in [0.15, 0.2) is 18.5 Å². The largest absolute Gasteiger partial charge is 0.341 e. The first-order valence-corrected chi connectivity index (χ1v) is 5.76. The van der Waals surface area contributed by atoms with Gasteiger partial charge in [-0.3, -0.25) is 15.6 Å². The van der Waals surface area contributed by atoms with E-state index in [4.69, 9.17) is 5.84 Å². The molecule has 3 N–H and O–H groups in total. The Balaban J connectivity index is 2.81. The molecule has 0 saturated carbocycles. The minimum Gasteiger partial charge on any atom is -0.341 e. The molecule has 0 aliphatic rings. The van der Waals surface area contributed by atoms with Crippen molar-refractivity contribution in [3.63, 3.8) is 0 Å². The van der Waals surface area contributed by atoms with Crippen LogP contribution in [-0.4, -0.2) is 29.4 Å². The molecule has 1 amide bonds. The Morgan fingerprint density at radius 2 is 2.35 bits per heavy atom. The monoisotopic (exact) mass is 236 g/mol. The molecule has 0 aromatic carbocycles. The Morgan fingerprint density at radius 3 is 2.94 bits per heavy atom. The van der Waals surface area contributed by atoms with Crippen LogP contribution in [-0.2, 0) is 0 Å². The van der Waals surface area contributed by atoms with Crippen molar-refractivity contribution in [2.45, 2.75) is 20.3 Å². The van der Waals surface area contributed by atoms with Gasteiger partial charge in [0.25, 0.3) is 5.91 Å². The normalized spacial score (nSPS) is 12.0. The van der Waals surface area contributed by atoms with Gasteiger partial charge in [0.1, 0.15) is 0 Å². The number of carbonyl (C=O) groups is 1. The van der Waals surface area contributed by atoms with Crippen LogP contribution in [0.1, 0.15) is 30.6 Å². The Morgan fingerprint density at radius 1 is 1.65 bits per heavy atom. The number of nitrogens with zero attached hydrogens (tertiary/aromatic N) is 2. The predicted molar refractivity (Wildman–Crippen MR) is 68.5 cm³/mol. The maximum atomic E-state index is 12.2. The minimum absolute atomic E-state index is 0.0411. The third-order valence-corrected chi connectivity index (χ3v) is 2.84. The number of rotatable bonds is 5. The number of hydrogen-bond acceptors (Lipinski definition) is 4. The molecule has 0 bridgehead atoms. The number of nitrogens with one attached hydrogen (secondary N) is 1. The fraction of sp³-hybridized carbons (Fsp3) is 0.500. The molecule has 0 aliphatic heterocycles. The predicted octanol–water partition coefficient (Wildman–Crippen LogP) is 1.49. The maximum Gasteiger partial charge on any atom is 0.255 e. The molecule has 5 heteroatoms. The first kappa shape index (κ1) is 13.4. The number of aromatic nitrogens is 1. The molecule has 1 rings (SSSR count). The molecule has 0 radical (unpaired) electrons. The molecule has 1 atom stereocenters. The first-order valence-electron chi connectivity index (χ1n) is 5.76. The molecule has 1 unspecified atom stereocenters. The van der Waals surface area contributed by atoms with E-state index >= 15 is 0 Å². The van der Waals surface area contributed by atoms with Crippen molar-refractivity contribution in [3.05, 3.63) is 24.0 Å². The van der Waals surface area contributed by atoms with Crippen molar-refractivity contribution in [1.29, 1.82) is 0 Å². The van der Waals surface area contributed by atoms with Crippen molar-refractivity contribution in [1.82, 2.24) is 9.88 Å². The van der Waals surface area contributed by atoms with E-state index in [0.717, 1.165) is 13.0 Å². The summed E-state index contributed by atoms with van der Waals surface area (Å²) in [6.07, 6.45) is 4.19. The molecule has 0 saturated heterocycles. The highest BCUT2D eigenvalue weighted by Gasteiger charge is 2.16. The van der Waals surface area contributed by atoms with Crippen LogP contribution < -0.4 is 11.3 Å². The average Bonchev–Trinajstić information content (AvgIpc) is 2.37. The van der Waals surface area contributed by atoms with Crippen LogP contribution in [0.25, 0.3) is 0 Å². The lowest BCUT2D eigenvalue weighted by molar-refractivity contribution is 0.0775. The summed E-state index contributed by atoms with van der Waals surface area (Å²) in [6.45, 7) is 4.97. The van der Waals surface area contributed by atoms with E-state index in [2.05, 4.69) is 24.3 Å². The second-order valence-corrected chi connectivity index (χ2v) is 4.26. The average molecular weight is 236 g/mol. The Labute approximate surface area is 102 Å². The number of carbonyl (C=O) groups excluding carboxylic acids is 1. The number of amides is 1. The van der Waals surface area contributed by atoms with Crippen LogP contribution in [0.4, 0.5) is 5.69 Å². The number of pyridine rings is 1. The summed E-state index contributed by atoms with van der Waals surface area (Å²) in [5, 5.41) is 0. The van der Waals surface area contributed by atoms with E-state index in [1.54, 1.807) is 30.4 Å². The molecular weight excluding hydrogens is 216 g/mol. The highest BCUT2D eigenvalue weighted by Crippen LogP contribution is 2.15. The molecule has 94 valence electrons. The van der Waals surface area contributed by atoms with Crippen LogP contribution in [0.2, 0.25) is 0 Å². The highest BCUT2D eigenvalue weighted by atomic mass is 16.2. The number of hydrogen-bond donors (Lipinski definition) is 2.